The molecule has 1 aliphatic rings. The minimum Gasteiger partial charge on any atom is -0.490 e. The first kappa shape index (κ1) is 24.8. The summed E-state index contributed by atoms with van der Waals surface area (Å²) in [5.74, 6) is 0.704. The average Bonchev–Trinajstić information content (AvgIpc) is 3.06. The predicted molar refractivity (Wildman–Crippen MR) is 139 cm³/mol. The number of likely N-dealkylation sites (N-methyl/N-ethyl adjacent to an activating group) is 1. The summed E-state index contributed by atoms with van der Waals surface area (Å²) >= 11 is 3.47. The number of hydrogen-bond acceptors (Lipinski definition) is 7. The van der Waals surface area contributed by atoms with E-state index in [1.54, 1.807) is 37.4 Å². The van der Waals surface area contributed by atoms with Gasteiger partial charge in [-0.05, 0) is 89.3 Å². The van der Waals surface area contributed by atoms with Crippen molar-refractivity contribution in [2.45, 2.75) is 6.92 Å². The molecule has 1 amide bonds. The first-order chi connectivity index (χ1) is 15.9. The molecule has 3 rings (SSSR count). The molecule has 1 fully saturated rings. The van der Waals surface area contributed by atoms with Gasteiger partial charge >= 0.3 is 5.97 Å². The summed E-state index contributed by atoms with van der Waals surface area (Å²) in [6.45, 7) is 6.44. The molecule has 172 valence electrons. The molecule has 2 aromatic rings. The van der Waals surface area contributed by atoms with Crippen LogP contribution >= 0.6 is 34.4 Å². The molecule has 0 aromatic heterocycles. The van der Waals surface area contributed by atoms with Gasteiger partial charge in [-0.25, -0.2) is 9.79 Å². The summed E-state index contributed by atoms with van der Waals surface area (Å²) in [6.07, 6.45) is 3.49. The number of methoxy groups -OCH3 is 1. The molecule has 7 nitrogen and oxygen atoms in total. The van der Waals surface area contributed by atoms with Crippen molar-refractivity contribution in [2.24, 2.45) is 4.99 Å². The maximum Gasteiger partial charge on any atom is 0.337 e. The molecule has 0 radical (unpaired) electrons. The van der Waals surface area contributed by atoms with Gasteiger partial charge in [0.25, 0.3) is 5.91 Å². The average molecular weight is 578 g/mol. The first-order valence-corrected chi connectivity index (χ1v) is 11.9. The van der Waals surface area contributed by atoms with Gasteiger partial charge in [0.1, 0.15) is 6.61 Å². The Kier molecular flexibility index (Phi) is 8.56. The lowest BCUT2D eigenvalue weighted by atomic mass is 10.2. The highest BCUT2D eigenvalue weighted by Gasteiger charge is 2.30. The Bertz CT molecular complexity index is 1130. The Hall–Kier alpha value is -2.79. The first-order valence-electron chi connectivity index (χ1n) is 10.0. The minimum absolute atomic E-state index is 0.148. The zero-order valence-corrected chi connectivity index (χ0v) is 21.4. The highest BCUT2D eigenvalue weighted by atomic mass is 127. The van der Waals surface area contributed by atoms with Crippen LogP contribution in [0, 0.1) is 3.57 Å². The van der Waals surface area contributed by atoms with Crippen LogP contribution in [0.25, 0.3) is 6.08 Å². The third-order valence-electron chi connectivity index (χ3n) is 4.49. The lowest BCUT2D eigenvalue weighted by molar-refractivity contribution is -0.121. The van der Waals surface area contributed by atoms with E-state index in [1.165, 1.54) is 23.8 Å². The SMILES string of the molecule is C=CCOc1c(I)cc(/C=C2/SC(=Nc3ccc(C(=O)OC)cc3)N(C)C2=O)cc1OCC. The number of benzene rings is 2. The number of aliphatic imine (C=N–C) groups is 1. The molecule has 0 saturated carbocycles. The third-order valence-corrected chi connectivity index (χ3v) is 6.35. The van der Waals surface area contributed by atoms with E-state index in [9.17, 15) is 9.59 Å². The Morgan fingerprint density at radius 1 is 1.24 bits per heavy atom. The number of halogens is 1. The van der Waals surface area contributed by atoms with Gasteiger partial charge in [-0.3, -0.25) is 9.69 Å². The fourth-order valence-corrected chi connectivity index (χ4v) is 4.69. The smallest absolute Gasteiger partial charge is 0.337 e. The van der Waals surface area contributed by atoms with Crippen LogP contribution in [0.4, 0.5) is 5.69 Å². The Morgan fingerprint density at radius 2 is 1.97 bits per heavy atom. The van der Waals surface area contributed by atoms with E-state index in [2.05, 4.69) is 34.2 Å². The number of amidine groups is 1. The van der Waals surface area contributed by atoms with Gasteiger partial charge in [-0.2, -0.15) is 0 Å². The van der Waals surface area contributed by atoms with Crippen molar-refractivity contribution in [1.29, 1.82) is 0 Å². The highest BCUT2D eigenvalue weighted by molar-refractivity contribution is 14.1. The van der Waals surface area contributed by atoms with Gasteiger partial charge in [-0.1, -0.05) is 12.7 Å². The Morgan fingerprint density at radius 3 is 2.61 bits per heavy atom. The number of carbonyl (C=O) groups excluding carboxylic acids is 2. The van der Waals surface area contributed by atoms with Gasteiger partial charge in [0, 0.05) is 7.05 Å². The van der Waals surface area contributed by atoms with E-state index in [-0.39, 0.29) is 5.91 Å². The fraction of sp³-hybridized carbons (Fsp3) is 0.208. The van der Waals surface area contributed by atoms with Gasteiger partial charge in [0.15, 0.2) is 16.7 Å². The van der Waals surface area contributed by atoms with E-state index in [0.717, 1.165) is 9.13 Å². The summed E-state index contributed by atoms with van der Waals surface area (Å²) in [7, 11) is 3.01. The molecule has 1 heterocycles. The number of ether oxygens (including phenoxy) is 3. The van der Waals surface area contributed by atoms with Crippen LogP contribution in [0.5, 0.6) is 11.5 Å². The zero-order valence-electron chi connectivity index (χ0n) is 18.5. The monoisotopic (exact) mass is 578 g/mol. The molecule has 1 saturated heterocycles. The summed E-state index contributed by atoms with van der Waals surface area (Å²) in [5.41, 5.74) is 1.88. The molecular weight excluding hydrogens is 555 g/mol. The van der Waals surface area contributed by atoms with Crippen molar-refractivity contribution in [1.82, 2.24) is 4.90 Å². The second-order valence-corrected chi connectivity index (χ2v) is 8.94. The molecule has 0 bridgehead atoms. The number of hydrogen-bond donors (Lipinski definition) is 0. The quantitative estimate of drug-likeness (QED) is 0.184. The van der Waals surface area contributed by atoms with Crippen molar-refractivity contribution < 1.29 is 23.8 Å². The van der Waals surface area contributed by atoms with E-state index in [0.29, 0.717) is 46.0 Å². The summed E-state index contributed by atoms with van der Waals surface area (Å²) in [6, 6.07) is 10.5. The zero-order chi connectivity index (χ0) is 24.0. The van der Waals surface area contributed by atoms with Crippen molar-refractivity contribution in [3.63, 3.8) is 0 Å². The number of thioether (sulfide) groups is 1. The van der Waals surface area contributed by atoms with Gasteiger partial charge in [-0.15, -0.1) is 0 Å². The normalized spacial score (nSPS) is 15.8. The van der Waals surface area contributed by atoms with Crippen LogP contribution in [-0.4, -0.2) is 49.3 Å². The number of esters is 1. The van der Waals surface area contributed by atoms with Gasteiger partial charge < -0.3 is 14.2 Å². The van der Waals surface area contributed by atoms with E-state index in [1.807, 2.05) is 25.1 Å². The van der Waals surface area contributed by atoms with Gasteiger partial charge in [0.05, 0.1) is 33.4 Å². The summed E-state index contributed by atoms with van der Waals surface area (Å²) in [4.78, 5) is 31.0. The molecule has 0 N–H and O–H groups in total. The van der Waals surface area contributed by atoms with Crippen LogP contribution in [0.15, 0.2) is 59.0 Å². The molecule has 9 heteroatoms. The molecule has 0 spiro atoms. The molecule has 0 unspecified atom stereocenters. The molecule has 0 atom stereocenters. The van der Waals surface area contributed by atoms with Crippen LogP contribution in [0.1, 0.15) is 22.8 Å². The predicted octanol–water partition coefficient (Wildman–Crippen LogP) is 5.28. The standard InChI is InChI=1S/C24H23IN2O5S/c1-5-11-32-21-18(25)12-15(13-19(21)31-6-2)14-20-22(28)27(3)24(33-20)26-17-9-7-16(8-10-17)23(29)30-4/h5,7-10,12-14H,1,6,11H2,2-4H3/b20-14+,26-24?. The maximum absolute atomic E-state index is 12.8. The van der Waals surface area contributed by atoms with Crippen LogP contribution in [-0.2, 0) is 9.53 Å². The van der Waals surface area contributed by atoms with Crippen molar-refractivity contribution in [2.75, 3.05) is 27.4 Å². The third kappa shape index (κ3) is 5.97. The van der Waals surface area contributed by atoms with E-state index >= 15 is 0 Å². The lowest BCUT2D eigenvalue weighted by Gasteiger charge is -2.13. The number of rotatable bonds is 8. The maximum atomic E-state index is 12.8. The van der Waals surface area contributed by atoms with Crippen molar-refractivity contribution >= 4 is 63.2 Å². The van der Waals surface area contributed by atoms with E-state index < -0.39 is 5.97 Å². The highest BCUT2D eigenvalue weighted by Crippen LogP contribution is 2.37. The number of nitrogens with zero attached hydrogens (tertiary/aromatic N) is 2. The molecule has 0 aliphatic carbocycles. The van der Waals surface area contributed by atoms with Crippen molar-refractivity contribution in [3.05, 3.63) is 68.7 Å². The topological polar surface area (TPSA) is 77.4 Å². The number of carbonyl (C=O) groups is 2. The summed E-state index contributed by atoms with van der Waals surface area (Å²) in [5, 5.41) is 0.544. The molecule has 33 heavy (non-hydrogen) atoms. The second kappa shape index (κ2) is 11.4. The fourth-order valence-electron chi connectivity index (χ4n) is 2.92. The molecule has 1 aliphatic heterocycles. The van der Waals surface area contributed by atoms with Crippen LogP contribution in [0.2, 0.25) is 0 Å². The number of amides is 1. The van der Waals surface area contributed by atoms with Gasteiger partial charge in [0.2, 0.25) is 0 Å². The Balaban J connectivity index is 1.88. The van der Waals surface area contributed by atoms with E-state index in [4.69, 9.17) is 14.2 Å². The molecular formula is C24H23IN2O5S. The summed E-state index contributed by atoms with van der Waals surface area (Å²) < 4.78 is 17.1. The minimum atomic E-state index is -0.413. The lowest BCUT2D eigenvalue weighted by Crippen LogP contribution is -2.23. The van der Waals surface area contributed by atoms with Crippen LogP contribution in [0.3, 0.4) is 0 Å². The van der Waals surface area contributed by atoms with Crippen molar-refractivity contribution in [3.8, 4) is 11.5 Å². The second-order valence-electron chi connectivity index (χ2n) is 6.77. The van der Waals surface area contributed by atoms with Crippen LogP contribution < -0.4 is 9.47 Å². The Labute approximate surface area is 210 Å². The largest absolute Gasteiger partial charge is 0.490 e. The molecule has 2 aromatic carbocycles.